The molecule has 10 heteroatoms. The number of rotatable bonds is 7. The summed E-state index contributed by atoms with van der Waals surface area (Å²) in [5.74, 6) is 0.690. The first kappa shape index (κ1) is 24.1. The first-order valence-electron chi connectivity index (χ1n) is 11.1. The zero-order chi connectivity index (χ0) is 23.6. The molecule has 0 spiro atoms. The van der Waals surface area contributed by atoms with Gasteiger partial charge in [-0.05, 0) is 51.2 Å². The number of hydrogen-bond acceptors (Lipinski definition) is 4. The van der Waals surface area contributed by atoms with Crippen LogP contribution in [0.1, 0.15) is 52.0 Å². The predicted octanol–water partition coefficient (Wildman–Crippen LogP) is 3.99. The van der Waals surface area contributed by atoms with Crippen molar-refractivity contribution >= 4 is 17.8 Å². The van der Waals surface area contributed by atoms with Crippen LogP contribution in [0.15, 0.2) is 18.3 Å². The van der Waals surface area contributed by atoms with Gasteiger partial charge in [-0.3, -0.25) is 9.69 Å². The van der Waals surface area contributed by atoms with Gasteiger partial charge in [0, 0.05) is 37.3 Å². The molecule has 2 amide bonds. The molecule has 0 unspecified atom stereocenters. The number of alkyl halides is 3. The van der Waals surface area contributed by atoms with Gasteiger partial charge in [0.2, 0.25) is 5.91 Å². The Morgan fingerprint density at radius 2 is 2.00 bits per heavy atom. The van der Waals surface area contributed by atoms with E-state index < -0.39 is 23.9 Å². The van der Waals surface area contributed by atoms with Crippen molar-refractivity contribution in [3.05, 3.63) is 23.9 Å². The standard InChI is InChI=1S/C22H31F3N4O3/c1-4-5-18(29(13(2)3)21(31)32)20(30)27-17-8-6-14-11-28(12-16(14)17)19-9-7-15(10-26-19)22(23,24)25/h7,9-10,13-14,16-18H,4-6,8,11-12H2,1-3H3,(H,27,30)(H,31,32)/t14-,16+,17+,18+/m1/s1. The lowest BCUT2D eigenvalue weighted by molar-refractivity contribution is -0.137. The Morgan fingerprint density at radius 3 is 2.53 bits per heavy atom. The van der Waals surface area contributed by atoms with Gasteiger partial charge in [-0.1, -0.05) is 13.3 Å². The molecular weight excluding hydrogens is 425 g/mol. The minimum Gasteiger partial charge on any atom is -0.465 e. The van der Waals surface area contributed by atoms with Crippen LogP contribution in [0, 0.1) is 11.8 Å². The van der Waals surface area contributed by atoms with Crippen LogP contribution in [0.4, 0.5) is 23.8 Å². The molecule has 2 heterocycles. The number of amides is 2. The maximum Gasteiger partial charge on any atom is 0.417 e. The Bertz CT molecular complexity index is 816. The maximum absolute atomic E-state index is 13.1. The fourth-order valence-corrected chi connectivity index (χ4v) is 5.04. The second-order valence-electron chi connectivity index (χ2n) is 9.01. The summed E-state index contributed by atoms with van der Waals surface area (Å²) in [4.78, 5) is 32.0. The highest BCUT2D eigenvalue weighted by Gasteiger charge is 2.44. The van der Waals surface area contributed by atoms with E-state index in [1.165, 1.54) is 11.0 Å². The van der Waals surface area contributed by atoms with E-state index in [1.807, 2.05) is 11.8 Å². The van der Waals surface area contributed by atoms with Crippen LogP contribution in [-0.2, 0) is 11.0 Å². The quantitative estimate of drug-likeness (QED) is 0.648. The Morgan fingerprint density at radius 1 is 1.28 bits per heavy atom. The number of pyridine rings is 1. The van der Waals surface area contributed by atoms with Crippen LogP contribution in [-0.4, -0.2) is 58.2 Å². The number of nitrogens with zero attached hydrogens (tertiary/aromatic N) is 3. The molecule has 2 N–H and O–H groups in total. The second-order valence-corrected chi connectivity index (χ2v) is 9.01. The topological polar surface area (TPSA) is 85.8 Å². The maximum atomic E-state index is 13.1. The number of halogens is 3. The fraction of sp³-hybridized carbons (Fsp3) is 0.682. The summed E-state index contributed by atoms with van der Waals surface area (Å²) in [5.41, 5.74) is -0.777. The molecule has 1 saturated carbocycles. The van der Waals surface area contributed by atoms with Crippen LogP contribution >= 0.6 is 0 Å². The van der Waals surface area contributed by atoms with E-state index in [0.29, 0.717) is 37.7 Å². The van der Waals surface area contributed by atoms with Crippen molar-refractivity contribution in [2.45, 2.75) is 70.8 Å². The molecule has 0 bridgehead atoms. The average molecular weight is 457 g/mol. The molecule has 2 fully saturated rings. The van der Waals surface area contributed by atoms with E-state index in [-0.39, 0.29) is 23.9 Å². The molecule has 1 aliphatic heterocycles. The molecule has 3 rings (SSSR count). The average Bonchev–Trinajstić information content (AvgIpc) is 3.28. The van der Waals surface area contributed by atoms with Crippen molar-refractivity contribution in [3.8, 4) is 0 Å². The third-order valence-electron chi connectivity index (χ3n) is 6.56. The molecule has 1 aromatic rings. The summed E-state index contributed by atoms with van der Waals surface area (Å²) in [6.07, 6.45) is -1.85. The third kappa shape index (κ3) is 5.10. The van der Waals surface area contributed by atoms with Gasteiger partial charge in [0.15, 0.2) is 0 Å². The molecule has 0 aromatic carbocycles. The largest absolute Gasteiger partial charge is 0.465 e. The fourth-order valence-electron chi connectivity index (χ4n) is 5.04. The zero-order valence-corrected chi connectivity index (χ0v) is 18.6. The summed E-state index contributed by atoms with van der Waals surface area (Å²) >= 11 is 0. The Labute approximate surface area is 186 Å². The van der Waals surface area contributed by atoms with Crippen molar-refractivity contribution in [1.29, 1.82) is 0 Å². The summed E-state index contributed by atoms with van der Waals surface area (Å²) in [5, 5.41) is 12.7. The summed E-state index contributed by atoms with van der Waals surface area (Å²) < 4.78 is 38.4. The highest BCUT2D eigenvalue weighted by atomic mass is 19.4. The number of carbonyl (C=O) groups excluding carboxylic acids is 1. The van der Waals surface area contributed by atoms with Crippen LogP contribution in [0.25, 0.3) is 0 Å². The van der Waals surface area contributed by atoms with Crippen molar-refractivity contribution < 1.29 is 27.9 Å². The van der Waals surface area contributed by atoms with E-state index in [4.69, 9.17) is 0 Å². The van der Waals surface area contributed by atoms with Crippen LogP contribution in [0.5, 0.6) is 0 Å². The number of carbonyl (C=O) groups is 2. The van der Waals surface area contributed by atoms with Crippen LogP contribution in [0.2, 0.25) is 0 Å². The second kappa shape index (κ2) is 9.54. The lowest BCUT2D eigenvalue weighted by atomic mass is 9.97. The van der Waals surface area contributed by atoms with E-state index >= 15 is 0 Å². The van der Waals surface area contributed by atoms with Gasteiger partial charge in [-0.15, -0.1) is 0 Å². The molecule has 4 atom stereocenters. The van der Waals surface area contributed by atoms with E-state index in [0.717, 1.165) is 25.1 Å². The molecule has 2 aliphatic rings. The highest BCUT2D eigenvalue weighted by molar-refractivity contribution is 5.85. The van der Waals surface area contributed by atoms with Crippen LogP contribution < -0.4 is 10.2 Å². The van der Waals surface area contributed by atoms with Crippen molar-refractivity contribution in [2.24, 2.45) is 11.8 Å². The van der Waals surface area contributed by atoms with E-state index in [1.54, 1.807) is 13.8 Å². The van der Waals surface area contributed by atoms with Gasteiger partial charge in [0.1, 0.15) is 11.9 Å². The van der Waals surface area contributed by atoms with Crippen LogP contribution in [0.3, 0.4) is 0 Å². The lowest BCUT2D eigenvalue weighted by Gasteiger charge is -2.33. The molecule has 1 aromatic heterocycles. The summed E-state index contributed by atoms with van der Waals surface area (Å²) in [6, 6.07) is 1.28. The molecular formula is C22H31F3N4O3. The smallest absolute Gasteiger partial charge is 0.417 e. The number of hydrogen-bond donors (Lipinski definition) is 2. The van der Waals surface area contributed by atoms with Gasteiger partial charge >= 0.3 is 12.3 Å². The third-order valence-corrected chi connectivity index (χ3v) is 6.56. The number of carboxylic acid groups (broad SMARTS) is 1. The molecule has 0 radical (unpaired) electrons. The zero-order valence-electron chi connectivity index (χ0n) is 18.6. The van der Waals surface area contributed by atoms with E-state index in [9.17, 15) is 27.9 Å². The predicted molar refractivity (Wildman–Crippen MR) is 113 cm³/mol. The molecule has 32 heavy (non-hydrogen) atoms. The number of fused-ring (bicyclic) bond motifs is 1. The Hall–Kier alpha value is -2.52. The van der Waals surface area contributed by atoms with Gasteiger partial charge in [-0.25, -0.2) is 9.78 Å². The molecule has 1 saturated heterocycles. The minimum atomic E-state index is -4.42. The Balaban J connectivity index is 1.67. The van der Waals surface area contributed by atoms with Crippen molar-refractivity contribution in [1.82, 2.24) is 15.2 Å². The van der Waals surface area contributed by atoms with Crippen molar-refractivity contribution in [3.63, 3.8) is 0 Å². The minimum absolute atomic E-state index is 0.0888. The molecule has 1 aliphatic carbocycles. The van der Waals surface area contributed by atoms with Gasteiger partial charge in [-0.2, -0.15) is 13.2 Å². The number of aromatic nitrogens is 1. The molecule has 7 nitrogen and oxygen atoms in total. The van der Waals surface area contributed by atoms with E-state index in [2.05, 4.69) is 10.3 Å². The normalized spacial score (nSPS) is 23.8. The lowest BCUT2D eigenvalue weighted by Crippen LogP contribution is -2.54. The summed E-state index contributed by atoms with van der Waals surface area (Å²) in [7, 11) is 0. The molecule has 178 valence electrons. The SMILES string of the molecule is CCC[C@@H](C(=O)N[C@H]1CC[C@@H]2CN(c3ccc(C(F)(F)F)cn3)C[C@@H]21)N(C(=O)O)C(C)C. The first-order valence-corrected chi connectivity index (χ1v) is 11.1. The number of anilines is 1. The van der Waals surface area contributed by atoms with Crippen molar-refractivity contribution in [2.75, 3.05) is 18.0 Å². The monoisotopic (exact) mass is 456 g/mol. The first-order chi connectivity index (χ1) is 15.0. The number of nitrogens with one attached hydrogen (secondary N) is 1. The summed E-state index contributed by atoms with van der Waals surface area (Å²) in [6.45, 7) is 6.70. The van der Waals surface area contributed by atoms with Gasteiger partial charge in [0.05, 0.1) is 5.56 Å². The van der Waals surface area contributed by atoms with Gasteiger partial charge in [0.25, 0.3) is 0 Å². The Kier molecular flexibility index (Phi) is 7.19. The highest BCUT2D eigenvalue weighted by Crippen LogP contribution is 2.40. The van der Waals surface area contributed by atoms with Gasteiger partial charge < -0.3 is 15.3 Å².